The second-order valence-electron chi connectivity index (χ2n) is 7.94. The van der Waals surface area contributed by atoms with Gasteiger partial charge in [-0.05, 0) is 37.8 Å². The van der Waals surface area contributed by atoms with Crippen LogP contribution in [0.15, 0.2) is 24.3 Å². The smallest absolute Gasteiger partial charge is 0.228 e. The van der Waals surface area contributed by atoms with Gasteiger partial charge in [0.2, 0.25) is 11.8 Å². The van der Waals surface area contributed by atoms with E-state index in [1.54, 1.807) is 0 Å². The van der Waals surface area contributed by atoms with Crippen LogP contribution in [0.3, 0.4) is 0 Å². The van der Waals surface area contributed by atoms with E-state index in [-0.39, 0.29) is 23.7 Å². The number of benzene rings is 1. The van der Waals surface area contributed by atoms with Crippen molar-refractivity contribution in [3.63, 3.8) is 0 Å². The molecule has 1 aromatic heterocycles. The second kappa shape index (κ2) is 6.11. The van der Waals surface area contributed by atoms with Crippen molar-refractivity contribution in [2.75, 3.05) is 19.6 Å². The molecule has 2 saturated heterocycles. The number of rotatable bonds is 3. The van der Waals surface area contributed by atoms with Gasteiger partial charge in [-0.3, -0.25) is 9.59 Å². The van der Waals surface area contributed by atoms with E-state index in [0.717, 1.165) is 49.1 Å². The SMILES string of the molecule is O=C(C1CC(=O)N(C2CC2)C1)N1CCCC(c2nc3ccccc3[nH]2)C1. The lowest BCUT2D eigenvalue weighted by molar-refractivity contribution is -0.137. The van der Waals surface area contributed by atoms with Crippen LogP contribution in [-0.4, -0.2) is 57.3 Å². The number of hydrogen-bond acceptors (Lipinski definition) is 3. The van der Waals surface area contributed by atoms with E-state index in [9.17, 15) is 9.59 Å². The standard InChI is InChI=1S/C20H24N4O2/c25-18-10-14(12-24(18)15-7-8-15)20(26)23-9-3-4-13(11-23)19-21-16-5-1-2-6-17(16)22-19/h1-2,5-6,13-15H,3-4,7-12H2,(H,21,22). The number of fused-ring (bicyclic) bond motifs is 1. The van der Waals surface area contributed by atoms with Gasteiger partial charge in [-0.1, -0.05) is 12.1 Å². The number of piperidine rings is 1. The summed E-state index contributed by atoms with van der Waals surface area (Å²) in [5, 5.41) is 0. The number of aromatic amines is 1. The predicted molar refractivity (Wildman–Crippen MR) is 97.5 cm³/mol. The van der Waals surface area contributed by atoms with Crippen molar-refractivity contribution in [3.8, 4) is 0 Å². The summed E-state index contributed by atoms with van der Waals surface area (Å²) >= 11 is 0. The molecule has 1 saturated carbocycles. The van der Waals surface area contributed by atoms with Crippen LogP contribution >= 0.6 is 0 Å². The first-order valence-electron chi connectivity index (χ1n) is 9.72. The molecule has 2 unspecified atom stereocenters. The van der Waals surface area contributed by atoms with E-state index in [2.05, 4.69) is 4.98 Å². The number of nitrogens with one attached hydrogen (secondary N) is 1. The molecule has 2 aromatic rings. The molecule has 6 nitrogen and oxygen atoms in total. The number of amides is 2. The van der Waals surface area contributed by atoms with E-state index >= 15 is 0 Å². The molecule has 5 rings (SSSR count). The molecule has 1 N–H and O–H groups in total. The molecule has 6 heteroatoms. The van der Waals surface area contributed by atoms with Gasteiger partial charge in [0, 0.05) is 38.0 Å². The van der Waals surface area contributed by atoms with Crippen molar-refractivity contribution >= 4 is 22.8 Å². The number of para-hydroxylation sites is 2. The van der Waals surface area contributed by atoms with Crippen LogP contribution in [0.1, 0.15) is 43.8 Å². The molecule has 2 aliphatic heterocycles. The summed E-state index contributed by atoms with van der Waals surface area (Å²) in [7, 11) is 0. The van der Waals surface area contributed by atoms with Gasteiger partial charge in [0.05, 0.1) is 17.0 Å². The van der Waals surface area contributed by atoms with E-state index in [1.807, 2.05) is 34.1 Å². The average molecular weight is 352 g/mol. The van der Waals surface area contributed by atoms with Crippen molar-refractivity contribution in [2.45, 2.75) is 44.1 Å². The van der Waals surface area contributed by atoms with Gasteiger partial charge in [-0.2, -0.15) is 0 Å². The van der Waals surface area contributed by atoms with Gasteiger partial charge in [0.25, 0.3) is 0 Å². The predicted octanol–water partition coefficient (Wildman–Crippen LogP) is 2.28. The van der Waals surface area contributed by atoms with Gasteiger partial charge >= 0.3 is 0 Å². The topological polar surface area (TPSA) is 69.3 Å². The maximum atomic E-state index is 13.0. The number of likely N-dealkylation sites (tertiary alicyclic amines) is 2. The number of H-pyrrole nitrogens is 1. The third-order valence-electron chi connectivity index (χ3n) is 6.02. The van der Waals surface area contributed by atoms with Gasteiger partial charge in [0.15, 0.2) is 0 Å². The molecule has 3 heterocycles. The Balaban J connectivity index is 1.29. The number of nitrogens with zero attached hydrogens (tertiary/aromatic N) is 3. The fourth-order valence-electron chi connectivity index (χ4n) is 4.46. The Morgan fingerprint density at radius 2 is 2.00 bits per heavy atom. The molecule has 0 spiro atoms. The molecule has 2 atom stereocenters. The fourth-order valence-corrected chi connectivity index (χ4v) is 4.46. The molecule has 2 amide bonds. The minimum Gasteiger partial charge on any atom is -0.342 e. The number of carbonyl (C=O) groups is 2. The van der Waals surface area contributed by atoms with Crippen LogP contribution < -0.4 is 0 Å². The molecule has 1 aromatic carbocycles. The summed E-state index contributed by atoms with van der Waals surface area (Å²) in [6.07, 6.45) is 4.62. The summed E-state index contributed by atoms with van der Waals surface area (Å²) < 4.78 is 0. The molecule has 3 aliphatic rings. The van der Waals surface area contributed by atoms with Crippen LogP contribution in [0, 0.1) is 5.92 Å². The van der Waals surface area contributed by atoms with Crippen molar-refractivity contribution in [2.24, 2.45) is 5.92 Å². The van der Waals surface area contributed by atoms with Crippen molar-refractivity contribution in [1.82, 2.24) is 19.8 Å². The molecule has 136 valence electrons. The zero-order chi connectivity index (χ0) is 17.7. The molecule has 1 aliphatic carbocycles. The molecule has 0 radical (unpaired) electrons. The van der Waals surface area contributed by atoms with Crippen LogP contribution in [0.5, 0.6) is 0 Å². The quantitative estimate of drug-likeness (QED) is 0.921. The first-order valence-corrected chi connectivity index (χ1v) is 9.72. The van der Waals surface area contributed by atoms with Gasteiger partial charge in [0.1, 0.15) is 5.82 Å². The molecule has 0 bridgehead atoms. The lowest BCUT2D eigenvalue weighted by Gasteiger charge is -2.33. The van der Waals surface area contributed by atoms with Gasteiger partial charge < -0.3 is 14.8 Å². The van der Waals surface area contributed by atoms with Gasteiger partial charge in [-0.15, -0.1) is 0 Å². The van der Waals surface area contributed by atoms with Crippen LogP contribution in [0.25, 0.3) is 11.0 Å². The van der Waals surface area contributed by atoms with Crippen LogP contribution in [0.4, 0.5) is 0 Å². The van der Waals surface area contributed by atoms with Crippen molar-refractivity contribution < 1.29 is 9.59 Å². The zero-order valence-electron chi connectivity index (χ0n) is 14.9. The third-order valence-corrected chi connectivity index (χ3v) is 6.02. The highest BCUT2D eigenvalue weighted by Crippen LogP contribution is 2.34. The maximum absolute atomic E-state index is 13.0. The molecule has 3 fully saturated rings. The molecular formula is C20H24N4O2. The largest absolute Gasteiger partial charge is 0.342 e. The van der Waals surface area contributed by atoms with E-state index in [1.165, 1.54) is 0 Å². The van der Waals surface area contributed by atoms with Gasteiger partial charge in [-0.25, -0.2) is 4.98 Å². The minimum atomic E-state index is -0.155. The Morgan fingerprint density at radius 3 is 2.81 bits per heavy atom. The van der Waals surface area contributed by atoms with Crippen molar-refractivity contribution in [1.29, 1.82) is 0 Å². The highest BCUT2D eigenvalue weighted by molar-refractivity contribution is 5.89. The van der Waals surface area contributed by atoms with Crippen molar-refractivity contribution in [3.05, 3.63) is 30.1 Å². The highest BCUT2D eigenvalue weighted by atomic mass is 16.2. The average Bonchev–Trinajstić information content (AvgIpc) is 3.29. The summed E-state index contributed by atoms with van der Waals surface area (Å²) in [4.78, 5) is 37.2. The monoisotopic (exact) mass is 352 g/mol. The zero-order valence-corrected chi connectivity index (χ0v) is 14.9. The first kappa shape index (κ1) is 15.9. The Hall–Kier alpha value is -2.37. The Labute approximate surface area is 152 Å². The lowest BCUT2D eigenvalue weighted by atomic mass is 9.95. The highest BCUT2D eigenvalue weighted by Gasteiger charge is 2.43. The molecular weight excluding hydrogens is 328 g/mol. The maximum Gasteiger partial charge on any atom is 0.228 e. The third kappa shape index (κ3) is 2.77. The number of carbonyl (C=O) groups excluding carboxylic acids is 2. The summed E-state index contributed by atoms with van der Waals surface area (Å²) in [5.41, 5.74) is 2.03. The van der Waals surface area contributed by atoms with E-state index in [0.29, 0.717) is 25.6 Å². The van der Waals surface area contributed by atoms with E-state index in [4.69, 9.17) is 4.98 Å². The summed E-state index contributed by atoms with van der Waals surface area (Å²) in [6, 6.07) is 8.45. The Morgan fingerprint density at radius 1 is 1.15 bits per heavy atom. The second-order valence-corrected chi connectivity index (χ2v) is 7.94. The Bertz CT molecular complexity index is 823. The molecule has 26 heavy (non-hydrogen) atoms. The van der Waals surface area contributed by atoms with Crippen LogP contribution in [0.2, 0.25) is 0 Å². The minimum absolute atomic E-state index is 0.155. The van der Waals surface area contributed by atoms with Crippen LogP contribution in [-0.2, 0) is 9.59 Å². The summed E-state index contributed by atoms with van der Waals surface area (Å²) in [5.74, 6) is 1.39. The first-order chi connectivity index (χ1) is 12.7. The fraction of sp³-hybridized carbons (Fsp3) is 0.550. The van der Waals surface area contributed by atoms with E-state index < -0.39 is 0 Å². The normalized spacial score (nSPS) is 26.7. The summed E-state index contributed by atoms with van der Waals surface area (Å²) in [6.45, 7) is 2.12. The lowest BCUT2D eigenvalue weighted by Crippen LogP contribution is -2.43. The number of imidazole rings is 1. The Kier molecular flexibility index (Phi) is 3.72. The number of hydrogen-bond donors (Lipinski definition) is 1. The number of aromatic nitrogens is 2.